The van der Waals surface area contributed by atoms with Crippen LogP contribution in [0.1, 0.15) is 23.9 Å². The molecular weight excluding hydrogens is 540 g/mol. The molecule has 0 bridgehead atoms. The molecule has 0 atom stereocenters. The van der Waals surface area contributed by atoms with Crippen molar-refractivity contribution < 1.29 is 23.1 Å². The second-order valence-corrected chi connectivity index (χ2v) is 10.7. The Balaban J connectivity index is 1.93. The molecule has 0 aliphatic carbocycles. The Bertz CT molecular complexity index is 1200. The van der Waals surface area contributed by atoms with Crippen molar-refractivity contribution in [1.82, 2.24) is 9.55 Å². The molecule has 0 amide bonds. The van der Waals surface area contributed by atoms with Gasteiger partial charge in [-0.1, -0.05) is 37.9 Å². The number of benzene rings is 2. The third-order valence-electron chi connectivity index (χ3n) is 4.46. The van der Waals surface area contributed by atoms with Crippen molar-refractivity contribution in [2.24, 2.45) is 0 Å². The fraction of sp³-hybridized carbons (Fsp3) is 0.300. The zero-order valence-electron chi connectivity index (χ0n) is 16.4. The number of nitrogens with zero attached hydrogens (tertiary/aromatic N) is 2. The lowest BCUT2D eigenvalue weighted by Crippen LogP contribution is -2.09. The van der Waals surface area contributed by atoms with E-state index in [1.165, 1.54) is 6.26 Å². The van der Waals surface area contributed by atoms with E-state index in [0.29, 0.717) is 24.5 Å². The summed E-state index contributed by atoms with van der Waals surface area (Å²) in [6.45, 7) is 2.17. The van der Waals surface area contributed by atoms with Crippen molar-refractivity contribution in [3.63, 3.8) is 0 Å². The van der Waals surface area contributed by atoms with Crippen LogP contribution in [0, 0.1) is 0 Å². The van der Waals surface area contributed by atoms with Crippen LogP contribution in [0.2, 0.25) is 0 Å². The minimum atomic E-state index is -3.19. The molecule has 30 heavy (non-hydrogen) atoms. The lowest BCUT2D eigenvalue weighted by Gasteiger charge is -2.12. The zero-order chi connectivity index (χ0) is 22.1. The Kier molecular flexibility index (Phi) is 6.88. The van der Waals surface area contributed by atoms with Gasteiger partial charge >= 0.3 is 5.97 Å². The highest BCUT2D eigenvalue weighted by Gasteiger charge is 2.16. The van der Waals surface area contributed by atoms with E-state index in [-0.39, 0.29) is 5.75 Å². The van der Waals surface area contributed by atoms with Gasteiger partial charge in [0.05, 0.1) is 11.0 Å². The van der Waals surface area contributed by atoms with Gasteiger partial charge in [0.1, 0.15) is 17.3 Å². The number of carboxylic acid groups (broad SMARTS) is 1. The van der Waals surface area contributed by atoms with Gasteiger partial charge in [-0.15, -0.1) is 0 Å². The van der Waals surface area contributed by atoms with Crippen LogP contribution in [0.5, 0.6) is 5.75 Å². The lowest BCUT2D eigenvalue weighted by atomic mass is 10.0. The Labute approximate surface area is 191 Å². The molecule has 3 rings (SSSR count). The van der Waals surface area contributed by atoms with Gasteiger partial charge in [-0.05, 0) is 48.7 Å². The van der Waals surface area contributed by atoms with E-state index in [9.17, 15) is 13.2 Å². The molecule has 160 valence electrons. The van der Waals surface area contributed by atoms with Gasteiger partial charge < -0.3 is 14.4 Å². The van der Waals surface area contributed by atoms with Crippen LogP contribution in [0.15, 0.2) is 39.3 Å². The highest BCUT2D eigenvalue weighted by molar-refractivity contribution is 9.11. The van der Waals surface area contributed by atoms with Crippen molar-refractivity contribution in [1.29, 1.82) is 0 Å². The number of rotatable bonds is 8. The van der Waals surface area contributed by atoms with E-state index in [1.807, 2.05) is 29.7 Å². The van der Waals surface area contributed by atoms with Crippen LogP contribution >= 0.6 is 31.9 Å². The number of sulfone groups is 1. The van der Waals surface area contributed by atoms with Gasteiger partial charge in [0, 0.05) is 21.7 Å². The third-order valence-corrected chi connectivity index (χ3v) is 6.65. The van der Waals surface area contributed by atoms with Gasteiger partial charge in [0.25, 0.3) is 0 Å². The van der Waals surface area contributed by atoms with Crippen molar-refractivity contribution in [3.8, 4) is 5.75 Å². The number of ether oxygens (including phenoxy) is 1. The maximum atomic E-state index is 11.7. The Morgan fingerprint density at radius 1 is 1.20 bits per heavy atom. The van der Waals surface area contributed by atoms with Crippen molar-refractivity contribution in [3.05, 3.63) is 56.2 Å². The number of halogens is 2. The predicted octanol–water partition coefficient (Wildman–Crippen LogP) is 4.18. The van der Waals surface area contributed by atoms with Gasteiger partial charge in [-0.2, -0.15) is 0 Å². The molecular formula is C20H20Br2N2O5S. The highest BCUT2D eigenvalue weighted by atomic mass is 79.9. The summed E-state index contributed by atoms with van der Waals surface area (Å²) in [7, 11) is -3.19. The number of hydrogen-bond donors (Lipinski definition) is 1. The minimum absolute atomic E-state index is 0.0975. The van der Waals surface area contributed by atoms with E-state index in [4.69, 9.17) is 9.84 Å². The summed E-state index contributed by atoms with van der Waals surface area (Å²) >= 11 is 7.07. The van der Waals surface area contributed by atoms with Crippen LogP contribution in [-0.2, 0) is 33.4 Å². The molecule has 0 fully saturated rings. The average Bonchev–Trinajstić information content (AvgIpc) is 2.97. The van der Waals surface area contributed by atoms with Crippen LogP contribution in [0.25, 0.3) is 11.0 Å². The summed E-state index contributed by atoms with van der Waals surface area (Å²) in [5.41, 5.74) is 3.66. The Hall–Kier alpha value is -1.91. The van der Waals surface area contributed by atoms with Gasteiger partial charge in [-0.25, -0.2) is 18.2 Å². The molecule has 0 aliphatic rings. The molecule has 0 radical (unpaired) electrons. The van der Waals surface area contributed by atoms with Crippen LogP contribution in [-0.4, -0.2) is 41.9 Å². The molecule has 0 saturated heterocycles. The number of carbonyl (C=O) groups is 1. The molecule has 0 aliphatic heterocycles. The Morgan fingerprint density at radius 2 is 1.87 bits per heavy atom. The first-order valence-electron chi connectivity index (χ1n) is 9.05. The van der Waals surface area contributed by atoms with E-state index in [0.717, 1.165) is 31.1 Å². The number of hydrogen-bond acceptors (Lipinski definition) is 5. The fourth-order valence-corrected chi connectivity index (χ4v) is 5.32. The number of aromatic nitrogens is 2. The second kappa shape index (κ2) is 9.07. The number of aryl methyl sites for hydroxylation is 1. The van der Waals surface area contributed by atoms with Gasteiger partial charge in [0.2, 0.25) is 0 Å². The standard InChI is InChI=1S/C20H20Br2N2O5S/c1-3-24-18-7-12(4-5-17(18)23-19(24)11-30(2,27)28)6-14-15(21)8-13(9-16(14)22)29-10-20(25)26/h4-5,7-9H,3,6,10-11H2,1-2H3,(H,25,26). The first-order valence-corrected chi connectivity index (χ1v) is 12.7. The normalized spacial score (nSPS) is 11.7. The van der Waals surface area contributed by atoms with Crippen molar-refractivity contribution >= 4 is 58.7 Å². The molecule has 1 aromatic heterocycles. The lowest BCUT2D eigenvalue weighted by molar-refractivity contribution is -0.139. The molecule has 7 nitrogen and oxygen atoms in total. The van der Waals surface area contributed by atoms with Crippen LogP contribution in [0.4, 0.5) is 0 Å². The van der Waals surface area contributed by atoms with Crippen molar-refractivity contribution in [2.75, 3.05) is 12.9 Å². The number of aliphatic carboxylic acids is 1. The third kappa shape index (κ3) is 5.41. The summed E-state index contributed by atoms with van der Waals surface area (Å²) < 4.78 is 32.2. The van der Waals surface area contributed by atoms with Gasteiger partial charge in [-0.3, -0.25) is 0 Å². The second-order valence-electron chi connectivity index (χ2n) is 6.89. The van der Waals surface area contributed by atoms with Crippen LogP contribution in [0.3, 0.4) is 0 Å². The first-order chi connectivity index (χ1) is 14.1. The maximum Gasteiger partial charge on any atom is 0.341 e. The summed E-state index contributed by atoms with van der Waals surface area (Å²) in [5.74, 6) is -0.151. The molecule has 2 aromatic carbocycles. The number of carboxylic acids is 1. The molecule has 10 heteroatoms. The van der Waals surface area contributed by atoms with Gasteiger partial charge in [0.15, 0.2) is 16.4 Å². The topological polar surface area (TPSA) is 98.5 Å². The van der Waals surface area contributed by atoms with E-state index < -0.39 is 22.4 Å². The summed E-state index contributed by atoms with van der Waals surface area (Å²) in [6, 6.07) is 9.36. The largest absolute Gasteiger partial charge is 0.482 e. The molecule has 1 N–H and O–H groups in total. The Morgan fingerprint density at radius 3 is 2.43 bits per heavy atom. The SMILES string of the molecule is CCn1c(CS(C)(=O)=O)nc2ccc(Cc3c(Br)cc(OCC(=O)O)cc3Br)cc21. The smallest absolute Gasteiger partial charge is 0.341 e. The molecule has 1 heterocycles. The maximum absolute atomic E-state index is 11.7. The number of fused-ring (bicyclic) bond motifs is 1. The predicted molar refractivity (Wildman–Crippen MR) is 122 cm³/mol. The molecule has 0 spiro atoms. The highest BCUT2D eigenvalue weighted by Crippen LogP contribution is 2.33. The van der Waals surface area contributed by atoms with Crippen LogP contribution < -0.4 is 4.74 Å². The fourth-order valence-electron chi connectivity index (χ4n) is 3.21. The van der Waals surface area contributed by atoms with E-state index in [1.54, 1.807) is 12.1 Å². The summed E-state index contributed by atoms with van der Waals surface area (Å²) in [5, 5.41) is 8.77. The molecule has 0 saturated carbocycles. The number of imidazole rings is 1. The molecule has 0 unspecified atom stereocenters. The first kappa shape index (κ1) is 22.8. The quantitative estimate of drug-likeness (QED) is 0.444. The van der Waals surface area contributed by atoms with E-state index in [2.05, 4.69) is 36.8 Å². The van der Waals surface area contributed by atoms with Crippen molar-refractivity contribution in [2.45, 2.75) is 25.6 Å². The monoisotopic (exact) mass is 558 g/mol. The zero-order valence-corrected chi connectivity index (χ0v) is 20.3. The summed E-state index contributed by atoms with van der Waals surface area (Å²) in [6.07, 6.45) is 1.81. The average molecular weight is 560 g/mol. The van der Waals surface area contributed by atoms with E-state index >= 15 is 0 Å². The molecule has 3 aromatic rings. The minimum Gasteiger partial charge on any atom is -0.482 e. The summed E-state index contributed by atoms with van der Waals surface area (Å²) in [4.78, 5) is 15.2.